The lowest BCUT2D eigenvalue weighted by Crippen LogP contribution is -2.31. The molecule has 0 atom stereocenters. The van der Waals surface area contributed by atoms with Crippen LogP contribution >= 0.6 is 0 Å². The Labute approximate surface area is 128 Å². The summed E-state index contributed by atoms with van der Waals surface area (Å²) >= 11 is 0. The average Bonchev–Trinajstić information content (AvgIpc) is 2.80. The Bertz CT molecular complexity index is 523. The topological polar surface area (TPSA) is 66.4 Å². The highest BCUT2D eigenvalue weighted by Gasteiger charge is 2.17. The Kier molecular flexibility index (Phi) is 7.37. The average molecular weight is 316 g/mol. The summed E-state index contributed by atoms with van der Waals surface area (Å²) in [5.41, 5.74) is 1.01. The molecule has 0 saturated heterocycles. The van der Waals surface area contributed by atoms with Crippen molar-refractivity contribution in [2.45, 2.75) is 38.3 Å². The van der Waals surface area contributed by atoms with Gasteiger partial charge in [0.15, 0.2) is 0 Å². The second-order valence-electron chi connectivity index (χ2n) is 5.34. The van der Waals surface area contributed by atoms with Crippen LogP contribution in [0.3, 0.4) is 0 Å². The second kappa shape index (κ2) is 8.53. The van der Waals surface area contributed by atoms with Gasteiger partial charge in [-0.2, -0.15) is 0 Å². The van der Waals surface area contributed by atoms with E-state index in [2.05, 4.69) is 17.0 Å². The fraction of sp³-hybridized carbons (Fsp3) is 0.714. The number of sulfonamides is 1. The van der Waals surface area contributed by atoms with Crippen LogP contribution in [0.5, 0.6) is 0 Å². The Morgan fingerprint density at radius 3 is 2.57 bits per heavy atom. The van der Waals surface area contributed by atoms with E-state index in [1.807, 2.05) is 30.5 Å². The standard InChI is InChI=1S/C14H28N4O2S/c1-5-8-18-12-14(10-13(18)11-15-6-2)21(19,20)16-7-9-17(3)4/h10,12,15-16H,5-9,11H2,1-4H3. The molecule has 1 rings (SSSR count). The van der Waals surface area contributed by atoms with Gasteiger partial charge in [0.05, 0.1) is 4.90 Å². The Morgan fingerprint density at radius 2 is 2.00 bits per heavy atom. The van der Waals surface area contributed by atoms with Gasteiger partial charge in [0.1, 0.15) is 0 Å². The van der Waals surface area contributed by atoms with Gasteiger partial charge in [-0.05, 0) is 33.1 Å². The summed E-state index contributed by atoms with van der Waals surface area (Å²) in [6, 6.07) is 1.76. The van der Waals surface area contributed by atoms with Crippen LogP contribution in [0.4, 0.5) is 0 Å². The van der Waals surface area contributed by atoms with Crippen molar-refractivity contribution in [3.05, 3.63) is 18.0 Å². The minimum absolute atomic E-state index is 0.350. The number of rotatable bonds is 10. The van der Waals surface area contributed by atoms with Gasteiger partial charge in [0, 0.05) is 38.1 Å². The SMILES string of the molecule is CCCn1cc(S(=O)(=O)NCCN(C)C)cc1CNCC. The van der Waals surface area contributed by atoms with E-state index in [1.54, 1.807) is 12.3 Å². The summed E-state index contributed by atoms with van der Waals surface area (Å²) in [5, 5.41) is 3.24. The molecule has 6 nitrogen and oxygen atoms in total. The van der Waals surface area contributed by atoms with E-state index in [1.165, 1.54) is 0 Å². The van der Waals surface area contributed by atoms with Crippen LogP contribution in [0.2, 0.25) is 0 Å². The molecule has 0 fully saturated rings. The summed E-state index contributed by atoms with van der Waals surface area (Å²) in [6.07, 6.45) is 2.70. The first-order valence-corrected chi connectivity index (χ1v) is 8.93. The van der Waals surface area contributed by atoms with E-state index in [0.717, 1.165) is 25.2 Å². The van der Waals surface area contributed by atoms with Gasteiger partial charge in [-0.3, -0.25) is 0 Å². The molecular formula is C14H28N4O2S. The fourth-order valence-electron chi connectivity index (χ4n) is 2.01. The van der Waals surface area contributed by atoms with Crippen molar-refractivity contribution in [1.29, 1.82) is 0 Å². The number of aromatic nitrogens is 1. The maximum absolute atomic E-state index is 12.3. The third-order valence-electron chi connectivity index (χ3n) is 3.14. The smallest absolute Gasteiger partial charge is 0.242 e. The van der Waals surface area contributed by atoms with Crippen LogP contribution in [-0.2, 0) is 23.1 Å². The Hall–Kier alpha value is -0.890. The summed E-state index contributed by atoms with van der Waals surface area (Å²) in [5.74, 6) is 0. The van der Waals surface area contributed by atoms with E-state index in [-0.39, 0.29) is 0 Å². The summed E-state index contributed by atoms with van der Waals surface area (Å²) < 4.78 is 29.2. The molecule has 1 aromatic rings. The van der Waals surface area contributed by atoms with Crippen LogP contribution in [0.15, 0.2) is 17.2 Å². The lowest BCUT2D eigenvalue weighted by Gasteiger charge is -2.10. The van der Waals surface area contributed by atoms with Crippen molar-refractivity contribution in [2.75, 3.05) is 33.7 Å². The lowest BCUT2D eigenvalue weighted by atomic mass is 10.4. The van der Waals surface area contributed by atoms with E-state index in [9.17, 15) is 8.42 Å². The van der Waals surface area contributed by atoms with Gasteiger partial charge < -0.3 is 14.8 Å². The van der Waals surface area contributed by atoms with Gasteiger partial charge in [-0.1, -0.05) is 13.8 Å². The van der Waals surface area contributed by atoms with Gasteiger partial charge >= 0.3 is 0 Å². The van der Waals surface area contributed by atoms with E-state index in [0.29, 0.717) is 24.5 Å². The van der Waals surface area contributed by atoms with Crippen LogP contribution < -0.4 is 10.0 Å². The van der Waals surface area contributed by atoms with Crippen molar-refractivity contribution in [1.82, 2.24) is 19.5 Å². The largest absolute Gasteiger partial charge is 0.349 e. The highest BCUT2D eigenvalue weighted by Crippen LogP contribution is 2.15. The van der Waals surface area contributed by atoms with E-state index < -0.39 is 10.0 Å². The van der Waals surface area contributed by atoms with Crippen molar-refractivity contribution < 1.29 is 8.42 Å². The normalized spacial score (nSPS) is 12.2. The molecular weight excluding hydrogens is 288 g/mol. The van der Waals surface area contributed by atoms with Gasteiger partial charge in [-0.15, -0.1) is 0 Å². The van der Waals surface area contributed by atoms with Crippen LogP contribution in [0.1, 0.15) is 26.0 Å². The van der Waals surface area contributed by atoms with Crippen LogP contribution in [0, 0.1) is 0 Å². The summed E-state index contributed by atoms with van der Waals surface area (Å²) in [4.78, 5) is 2.30. The summed E-state index contributed by atoms with van der Waals surface area (Å²) in [6.45, 7) is 7.59. The van der Waals surface area contributed by atoms with Crippen molar-refractivity contribution in [2.24, 2.45) is 0 Å². The minimum Gasteiger partial charge on any atom is -0.349 e. The van der Waals surface area contributed by atoms with Crippen molar-refractivity contribution >= 4 is 10.0 Å². The van der Waals surface area contributed by atoms with Crippen molar-refractivity contribution in [3.63, 3.8) is 0 Å². The number of hydrogen-bond acceptors (Lipinski definition) is 4. The molecule has 0 saturated carbocycles. The molecule has 0 aliphatic heterocycles. The van der Waals surface area contributed by atoms with Gasteiger partial charge in [0.25, 0.3) is 0 Å². The molecule has 7 heteroatoms. The highest BCUT2D eigenvalue weighted by atomic mass is 32.2. The number of nitrogens with one attached hydrogen (secondary N) is 2. The maximum atomic E-state index is 12.3. The first-order chi connectivity index (χ1) is 9.90. The third kappa shape index (κ3) is 5.78. The second-order valence-corrected chi connectivity index (χ2v) is 7.11. The molecule has 0 spiro atoms. The predicted molar refractivity (Wildman–Crippen MR) is 85.8 cm³/mol. The van der Waals surface area contributed by atoms with Crippen LogP contribution in [-0.4, -0.2) is 51.6 Å². The lowest BCUT2D eigenvalue weighted by molar-refractivity contribution is 0.412. The molecule has 0 bridgehead atoms. The zero-order valence-corrected chi connectivity index (χ0v) is 14.3. The number of nitrogens with zero attached hydrogens (tertiary/aromatic N) is 2. The molecule has 122 valence electrons. The molecule has 0 radical (unpaired) electrons. The number of hydrogen-bond donors (Lipinski definition) is 2. The number of aryl methyl sites for hydroxylation is 1. The first-order valence-electron chi connectivity index (χ1n) is 7.44. The third-order valence-corrected chi connectivity index (χ3v) is 4.57. The van der Waals surface area contributed by atoms with Crippen molar-refractivity contribution in [3.8, 4) is 0 Å². The molecule has 0 unspecified atom stereocenters. The molecule has 1 aromatic heterocycles. The van der Waals surface area contributed by atoms with Gasteiger partial charge in [-0.25, -0.2) is 13.1 Å². The highest BCUT2D eigenvalue weighted by molar-refractivity contribution is 7.89. The van der Waals surface area contributed by atoms with E-state index >= 15 is 0 Å². The molecule has 0 amide bonds. The maximum Gasteiger partial charge on any atom is 0.242 e. The molecule has 21 heavy (non-hydrogen) atoms. The minimum atomic E-state index is -3.43. The zero-order chi connectivity index (χ0) is 15.9. The predicted octanol–water partition coefficient (Wildman–Crippen LogP) is 0.848. The van der Waals surface area contributed by atoms with Gasteiger partial charge in [0.2, 0.25) is 10.0 Å². The molecule has 0 aliphatic carbocycles. The monoisotopic (exact) mass is 316 g/mol. The summed E-state index contributed by atoms with van der Waals surface area (Å²) in [7, 11) is 0.408. The quantitative estimate of drug-likeness (QED) is 0.671. The Balaban J connectivity index is 2.85. The molecule has 0 aromatic carbocycles. The Morgan fingerprint density at radius 1 is 1.29 bits per heavy atom. The molecule has 1 heterocycles. The van der Waals surface area contributed by atoms with E-state index in [4.69, 9.17) is 0 Å². The molecule has 2 N–H and O–H groups in total. The van der Waals surface area contributed by atoms with Crippen LogP contribution in [0.25, 0.3) is 0 Å². The molecule has 0 aliphatic rings. The number of likely N-dealkylation sites (N-methyl/N-ethyl adjacent to an activating group) is 1. The fourth-order valence-corrected chi connectivity index (χ4v) is 3.09. The first kappa shape index (κ1) is 18.2. The zero-order valence-electron chi connectivity index (χ0n) is 13.5.